The van der Waals surface area contributed by atoms with E-state index in [1.165, 1.54) is 0 Å². The zero-order valence-corrected chi connectivity index (χ0v) is 7.01. The van der Waals surface area contributed by atoms with Crippen LogP contribution in [-0.2, 0) is 0 Å². The van der Waals surface area contributed by atoms with E-state index < -0.39 is 0 Å². The van der Waals surface area contributed by atoms with Crippen molar-refractivity contribution in [1.82, 2.24) is 0 Å². The Kier molecular flexibility index (Phi) is 2.21. The summed E-state index contributed by atoms with van der Waals surface area (Å²) in [6, 6.07) is 3.25. The summed E-state index contributed by atoms with van der Waals surface area (Å²) in [5, 5.41) is 0.353. The Balaban J connectivity index is 3.34. The van der Waals surface area contributed by atoms with Crippen molar-refractivity contribution in [2.24, 2.45) is 0 Å². The van der Waals surface area contributed by atoms with Crippen molar-refractivity contribution in [2.45, 2.75) is 11.8 Å². The highest BCUT2D eigenvalue weighted by Crippen LogP contribution is 2.24. The summed E-state index contributed by atoms with van der Waals surface area (Å²) in [5.74, 6) is -0.337. The van der Waals surface area contributed by atoms with Gasteiger partial charge in [-0.1, -0.05) is 17.7 Å². The predicted molar refractivity (Wildman–Crippen MR) is 43.4 cm³/mol. The van der Waals surface area contributed by atoms with Crippen molar-refractivity contribution in [1.29, 1.82) is 0 Å². The molecule has 0 aliphatic heterocycles. The van der Waals surface area contributed by atoms with E-state index in [0.29, 0.717) is 10.6 Å². The molecule has 0 saturated heterocycles. The van der Waals surface area contributed by atoms with Crippen LogP contribution in [0, 0.1) is 12.7 Å². The molecule has 0 saturated carbocycles. The molecule has 0 spiro atoms. The van der Waals surface area contributed by atoms with Crippen LogP contribution in [0.1, 0.15) is 5.56 Å². The summed E-state index contributed by atoms with van der Waals surface area (Å²) in [6.07, 6.45) is 0. The lowest BCUT2D eigenvalue weighted by molar-refractivity contribution is 0.593. The van der Waals surface area contributed by atoms with Crippen LogP contribution in [0.2, 0.25) is 5.02 Å². The van der Waals surface area contributed by atoms with Crippen LogP contribution < -0.4 is 0 Å². The number of rotatable bonds is 0. The molecule has 0 aliphatic rings. The molecule has 1 rings (SSSR count). The largest absolute Gasteiger partial charge is 0.205 e. The first-order valence-electron chi connectivity index (χ1n) is 2.76. The normalized spacial score (nSPS) is 10.0. The SMILES string of the molecule is Cc1ccc(Cl)c(S)c1F. The number of halogens is 2. The Bertz CT molecular complexity index is 233. The topological polar surface area (TPSA) is 0 Å². The Morgan fingerprint density at radius 1 is 1.50 bits per heavy atom. The molecule has 0 bridgehead atoms. The first-order chi connectivity index (χ1) is 4.63. The van der Waals surface area contributed by atoms with Gasteiger partial charge in [-0.15, -0.1) is 12.6 Å². The third-order valence-electron chi connectivity index (χ3n) is 1.26. The van der Waals surface area contributed by atoms with Gasteiger partial charge in [-0.05, 0) is 18.6 Å². The van der Waals surface area contributed by atoms with E-state index in [4.69, 9.17) is 11.6 Å². The molecule has 0 heterocycles. The number of aryl methyl sites for hydroxylation is 1. The van der Waals surface area contributed by atoms with Crippen molar-refractivity contribution >= 4 is 24.2 Å². The van der Waals surface area contributed by atoms with E-state index in [2.05, 4.69) is 12.6 Å². The molecule has 0 N–H and O–H groups in total. The summed E-state index contributed by atoms with van der Waals surface area (Å²) in [5.41, 5.74) is 0.564. The lowest BCUT2D eigenvalue weighted by Gasteiger charge is -2.00. The maximum atomic E-state index is 12.8. The van der Waals surface area contributed by atoms with Crippen LogP contribution in [0.3, 0.4) is 0 Å². The second-order valence-electron chi connectivity index (χ2n) is 2.03. The monoisotopic (exact) mass is 176 g/mol. The molecule has 0 nitrogen and oxygen atoms in total. The Labute approximate surface area is 69.4 Å². The smallest absolute Gasteiger partial charge is 0.140 e. The maximum Gasteiger partial charge on any atom is 0.140 e. The van der Waals surface area contributed by atoms with E-state index in [-0.39, 0.29) is 10.7 Å². The summed E-state index contributed by atoms with van der Waals surface area (Å²) in [4.78, 5) is 0.224. The molecule has 10 heavy (non-hydrogen) atoms. The third-order valence-corrected chi connectivity index (χ3v) is 2.14. The summed E-state index contributed by atoms with van der Waals surface area (Å²) >= 11 is 9.44. The molecule has 54 valence electrons. The van der Waals surface area contributed by atoms with Crippen molar-refractivity contribution in [3.05, 3.63) is 28.5 Å². The zero-order chi connectivity index (χ0) is 7.72. The van der Waals surface area contributed by atoms with Gasteiger partial charge in [0.25, 0.3) is 0 Å². The molecule has 0 aliphatic carbocycles. The minimum absolute atomic E-state index is 0.224. The van der Waals surface area contributed by atoms with Crippen LogP contribution in [0.5, 0.6) is 0 Å². The van der Waals surface area contributed by atoms with Crippen LogP contribution in [0.15, 0.2) is 17.0 Å². The second kappa shape index (κ2) is 2.81. The number of hydrogen-bond donors (Lipinski definition) is 1. The van der Waals surface area contributed by atoms with Gasteiger partial charge < -0.3 is 0 Å². The minimum Gasteiger partial charge on any atom is -0.205 e. The van der Waals surface area contributed by atoms with E-state index in [1.54, 1.807) is 19.1 Å². The minimum atomic E-state index is -0.337. The average Bonchev–Trinajstić information content (AvgIpc) is 1.93. The van der Waals surface area contributed by atoms with Crippen LogP contribution in [-0.4, -0.2) is 0 Å². The van der Waals surface area contributed by atoms with Crippen molar-refractivity contribution < 1.29 is 4.39 Å². The highest BCUT2D eigenvalue weighted by Gasteiger charge is 2.04. The molecule has 1 aromatic rings. The van der Waals surface area contributed by atoms with E-state index in [9.17, 15) is 4.39 Å². The fourth-order valence-corrected chi connectivity index (χ4v) is 1.04. The quantitative estimate of drug-likeness (QED) is 0.577. The molecule has 0 amide bonds. The third kappa shape index (κ3) is 1.27. The lowest BCUT2D eigenvalue weighted by Crippen LogP contribution is -1.83. The number of thiol groups is 1. The molecule has 0 radical (unpaired) electrons. The maximum absolute atomic E-state index is 12.8. The molecular weight excluding hydrogens is 171 g/mol. The second-order valence-corrected chi connectivity index (χ2v) is 2.88. The van der Waals surface area contributed by atoms with Crippen LogP contribution >= 0.6 is 24.2 Å². The van der Waals surface area contributed by atoms with Crippen LogP contribution in [0.4, 0.5) is 4.39 Å². The summed E-state index contributed by atoms with van der Waals surface area (Å²) in [7, 11) is 0. The lowest BCUT2D eigenvalue weighted by atomic mass is 10.2. The number of hydrogen-bond acceptors (Lipinski definition) is 1. The van der Waals surface area contributed by atoms with E-state index in [0.717, 1.165) is 0 Å². The Morgan fingerprint density at radius 2 is 2.10 bits per heavy atom. The van der Waals surface area contributed by atoms with Gasteiger partial charge in [0.1, 0.15) is 5.82 Å². The fourth-order valence-electron chi connectivity index (χ4n) is 0.642. The molecule has 0 fully saturated rings. The predicted octanol–water partition coefficient (Wildman–Crippen LogP) is 3.08. The van der Waals surface area contributed by atoms with E-state index in [1.807, 2.05) is 0 Å². The van der Waals surface area contributed by atoms with Gasteiger partial charge in [-0.2, -0.15) is 0 Å². The van der Waals surface area contributed by atoms with Gasteiger partial charge in [-0.3, -0.25) is 0 Å². The molecule has 0 unspecified atom stereocenters. The standard InChI is InChI=1S/C7H6ClFS/c1-4-2-3-5(8)7(10)6(4)9/h2-3,10H,1H3. The van der Waals surface area contributed by atoms with E-state index >= 15 is 0 Å². The molecule has 0 atom stereocenters. The zero-order valence-electron chi connectivity index (χ0n) is 5.36. The molecule has 0 aromatic heterocycles. The number of benzene rings is 1. The Morgan fingerprint density at radius 3 is 2.60 bits per heavy atom. The van der Waals surface area contributed by atoms with Crippen molar-refractivity contribution in [2.75, 3.05) is 0 Å². The summed E-state index contributed by atoms with van der Waals surface area (Å²) in [6.45, 7) is 1.67. The van der Waals surface area contributed by atoms with Gasteiger partial charge in [-0.25, -0.2) is 4.39 Å². The fraction of sp³-hybridized carbons (Fsp3) is 0.143. The molecule has 1 aromatic carbocycles. The molecule has 3 heteroatoms. The first kappa shape index (κ1) is 7.89. The van der Waals surface area contributed by atoms with Gasteiger partial charge in [0.15, 0.2) is 0 Å². The van der Waals surface area contributed by atoms with Gasteiger partial charge in [0, 0.05) is 0 Å². The first-order valence-corrected chi connectivity index (χ1v) is 3.59. The Hall–Kier alpha value is -0.210. The van der Waals surface area contributed by atoms with Gasteiger partial charge >= 0.3 is 0 Å². The average molecular weight is 177 g/mol. The highest BCUT2D eigenvalue weighted by atomic mass is 35.5. The molecular formula is C7H6ClFS. The van der Waals surface area contributed by atoms with Crippen molar-refractivity contribution in [3.8, 4) is 0 Å². The van der Waals surface area contributed by atoms with Gasteiger partial charge in [0.05, 0.1) is 9.92 Å². The van der Waals surface area contributed by atoms with Crippen LogP contribution in [0.25, 0.3) is 0 Å². The van der Waals surface area contributed by atoms with Gasteiger partial charge in [0.2, 0.25) is 0 Å². The van der Waals surface area contributed by atoms with Crippen molar-refractivity contribution in [3.63, 3.8) is 0 Å². The highest BCUT2D eigenvalue weighted by molar-refractivity contribution is 7.80. The summed E-state index contributed by atoms with van der Waals surface area (Å²) < 4.78 is 12.8.